The molecule has 0 saturated carbocycles. The highest BCUT2D eigenvalue weighted by Gasteiger charge is 2.01. The average Bonchev–Trinajstić information content (AvgIpc) is 2.83. The van der Waals surface area contributed by atoms with Gasteiger partial charge in [0.05, 0.1) is 0 Å². The maximum atomic E-state index is 10.3. The maximum absolute atomic E-state index is 10.3. The van der Waals surface area contributed by atoms with Crippen LogP contribution in [0.5, 0.6) is 0 Å². The number of nitrogens with zero attached hydrogens (tertiary/aromatic N) is 3. The molecular formula is C11H8N4O2. The number of carbonyl (C=O) groups is 1. The fraction of sp³-hybridized carbons (Fsp3) is 0.0909. The van der Waals surface area contributed by atoms with E-state index in [1.807, 2.05) is 0 Å². The summed E-state index contributed by atoms with van der Waals surface area (Å²) in [4.78, 5) is 10.3. The van der Waals surface area contributed by atoms with E-state index >= 15 is 0 Å². The summed E-state index contributed by atoms with van der Waals surface area (Å²) in [6.07, 6.45) is -0.160. The molecule has 2 N–H and O–H groups in total. The SMILES string of the molecule is O=C(O)CC#Cc1ccc(-c2nn[nH]n2)cc1. The second kappa shape index (κ2) is 4.90. The summed E-state index contributed by atoms with van der Waals surface area (Å²) < 4.78 is 0. The van der Waals surface area contributed by atoms with E-state index in [0.717, 1.165) is 11.1 Å². The monoisotopic (exact) mass is 228 g/mol. The van der Waals surface area contributed by atoms with Crippen LogP contribution in [0.1, 0.15) is 12.0 Å². The third kappa shape index (κ3) is 2.89. The molecule has 0 amide bonds. The Kier molecular flexibility index (Phi) is 3.12. The molecule has 0 unspecified atom stereocenters. The Bertz CT molecular complexity index is 564. The zero-order chi connectivity index (χ0) is 12.1. The van der Waals surface area contributed by atoms with Gasteiger partial charge in [0.2, 0.25) is 5.82 Å². The Labute approximate surface area is 96.7 Å². The number of hydrogen-bond donors (Lipinski definition) is 2. The summed E-state index contributed by atoms with van der Waals surface area (Å²) in [6, 6.07) is 7.16. The fourth-order valence-electron chi connectivity index (χ4n) is 1.21. The number of aromatic nitrogens is 4. The Morgan fingerprint density at radius 3 is 2.71 bits per heavy atom. The Hall–Kier alpha value is -2.68. The average molecular weight is 228 g/mol. The molecule has 0 aliphatic heterocycles. The smallest absolute Gasteiger partial charge is 0.315 e. The number of carboxylic acid groups (broad SMARTS) is 1. The van der Waals surface area contributed by atoms with Crippen molar-refractivity contribution in [1.82, 2.24) is 20.6 Å². The lowest BCUT2D eigenvalue weighted by molar-refractivity contribution is -0.135. The van der Waals surface area contributed by atoms with Crippen molar-refractivity contribution < 1.29 is 9.90 Å². The summed E-state index contributed by atoms with van der Waals surface area (Å²) in [5.74, 6) is 4.89. The maximum Gasteiger partial charge on any atom is 0.315 e. The van der Waals surface area contributed by atoms with Gasteiger partial charge in [0.1, 0.15) is 6.42 Å². The summed E-state index contributed by atoms with van der Waals surface area (Å²) >= 11 is 0. The highest BCUT2D eigenvalue weighted by atomic mass is 16.4. The van der Waals surface area contributed by atoms with E-state index in [9.17, 15) is 4.79 Å². The van der Waals surface area contributed by atoms with Gasteiger partial charge in [-0.2, -0.15) is 5.21 Å². The van der Waals surface area contributed by atoms with Gasteiger partial charge in [0.15, 0.2) is 0 Å². The number of tetrazole rings is 1. The van der Waals surface area contributed by atoms with E-state index in [1.54, 1.807) is 24.3 Å². The molecule has 1 aromatic heterocycles. The molecule has 0 aliphatic rings. The number of H-pyrrole nitrogens is 1. The van der Waals surface area contributed by atoms with Gasteiger partial charge in [0.25, 0.3) is 0 Å². The molecule has 2 rings (SSSR count). The standard InChI is InChI=1S/C11H8N4O2/c16-10(17)3-1-2-8-4-6-9(7-5-8)11-12-14-15-13-11/h4-7H,3H2,(H,16,17)(H,12,13,14,15). The highest BCUT2D eigenvalue weighted by Crippen LogP contribution is 2.13. The van der Waals surface area contributed by atoms with Crippen molar-refractivity contribution in [3.63, 3.8) is 0 Å². The van der Waals surface area contributed by atoms with E-state index in [2.05, 4.69) is 32.5 Å². The normalized spacial score (nSPS) is 9.41. The first kappa shape index (κ1) is 10.8. The molecule has 0 spiro atoms. The molecule has 2 aromatic rings. The van der Waals surface area contributed by atoms with Crippen LogP contribution in [0.3, 0.4) is 0 Å². The van der Waals surface area contributed by atoms with Crippen molar-refractivity contribution in [3.8, 4) is 23.2 Å². The lowest BCUT2D eigenvalue weighted by Gasteiger charge is -1.94. The Morgan fingerprint density at radius 1 is 1.35 bits per heavy atom. The Morgan fingerprint density at radius 2 is 2.12 bits per heavy atom. The molecule has 0 radical (unpaired) electrons. The summed E-state index contributed by atoms with van der Waals surface area (Å²) in [5.41, 5.74) is 1.57. The molecular weight excluding hydrogens is 220 g/mol. The minimum atomic E-state index is -0.930. The number of aliphatic carboxylic acids is 1. The van der Waals surface area contributed by atoms with Crippen LogP contribution in [-0.4, -0.2) is 31.7 Å². The van der Waals surface area contributed by atoms with Gasteiger partial charge in [-0.1, -0.05) is 11.8 Å². The van der Waals surface area contributed by atoms with Crippen molar-refractivity contribution in [2.45, 2.75) is 6.42 Å². The predicted molar refractivity (Wildman–Crippen MR) is 58.7 cm³/mol. The molecule has 0 fully saturated rings. The van der Waals surface area contributed by atoms with Crippen LogP contribution in [0.4, 0.5) is 0 Å². The van der Waals surface area contributed by atoms with Crippen LogP contribution in [0.25, 0.3) is 11.4 Å². The molecule has 0 saturated heterocycles. The van der Waals surface area contributed by atoms with Crippen molar-refractivity contribution in [3.05, 3.63) is 29.8 Å². The molecule has 6 nitrogen and oxygen atoms in total. The first-order chi connectivity index (χ1) is 8.25. The molecule has 0 atom stereocenters. The first-order valence-electron chi connectivity index (χ1n) is 4.80. The van der Waals surface area contributed by atoms with Gasteiger partial charge >= 0.3 is 5.97 Å². The van der Waals surface area contributed by atoms with Gasteiger partial charge in [-0.05, 0) is 29.5 Å². The zero-order valence-corrected chi connectivity index (χ0v) is 8.71. The largest absolute Gasteiger partial charge is 0.481 e. The third-order valence-electron chi connectivity index (χ3n) is 1.96. The van der Waals surface area contributed by atoms with Gasteiger partial charge in [-0.15, -0.1) is 10.2 Å². The van der Waals surface area contributed by atoms with Crippen molar-refractivity contribution in [2.75, 3.05) is 0 Å². The van der Waals surface area contributed by atoms with Crippen LogP contribution in [-0.2, 0) is 4.79 Å². The van der Waals surface area contributed by atoms with Crippen LogP contribution >= 0.6 is 0 Å². The predicted octanol–water partition coefficient (Wildman–Crippen LogP) is 0.693. The minimum Gasteiger partial charge on any atom is -0.481 e. The van der Waals surface area contributed by atoms with Crippen molar-refractivity contribution in [2.24, 2.45) is 0 Å². The van der Waals surface area contributed by atoms with Gasteiger partial charge in [0, 0.05) is 11.1 Å². The number of aromatic amines is 1. The zero-order valence-electron chi connectivity index (χ0n) is 8.71. The number of nitrogens with one attached hydrogen (secondary N) is 1. The topological polar surface area (TPSA) is 91.8 Å². The number of benzene rings is 1. The van der Waals surface area contributed by atoms with Crippen molar-refractivity contribution >= 4 is 5.97 Å². The minimum absolute atomic E-state index is 0.160. The number of rotatable bonds is 2. The van der Waals surface area contributed by atoms with E-state index in [1.165, 1.54) is 0 Å². The van der Waals surface area contributed by atoms with Gasteiger partial charge in [-0.25, -0.2) is 0 Å². The second-order valence-electron chi connectivity index (χ2n) is 3.19. The van der Waals surface area contributed by atoms with E-state index < -0.39 is 5.97 Å². The van der Waals surface area contributed by atoms with E-state index in [4.69, 9.17) is 5.11 Å². The molecule has 1 aromatic carbocycles. The van der Waals surface area contributed by atoms with Crippen molar-refractivity contribution in [1.29, 1.82) is 0 Å². The summed E-state index contributed by atoms with van der Waals surface area (Å²) in [6.45, 7) is 0. The molecule has 17 heavy (non-hydrogen) atoms. The van der Waals surface area contributed by atoms with Crippen LogP contribution < -0.4 is 0 Å². The first-order valence-corrected chi connectivity index (χ1v) is 4.80. The molecule has 0 bridgehead atoms. The van der Waals surface area contributed by atoms with Crippen LogP contribution in [0, 0.1) is 11.8 Å². The molecule has 0 aliphatic carbocycles. The summed E-state index contributed by atoms with van der Waals surface area (Å²) in [7, 11) is 0. The molecule has 1 heterocycles. The van der Waals surface area contributed by atoms with Gasteiger partial charge in [-0.3, -0.25) is 4.79 Å². The number of hydrogen-bond acceptors (Lipinski definition) is 4. The lowest BCUT2D eigenvalue weighted by Crippen LogP contribution is -1.90. The van der Waals surface area contributed by atoms with E-state index in [-0.39, 0.29) is 6.42 Å². The highest BCUT2D eigenvalue weighted by molar-refractivity contribution is 5.70. The molecule has 6 heteroatoms. The fourth-order valence-corrected chi connectivity index (χ4v) is 1.21. The second-order valence-corrected chi connectivity index (χ2v) is 3.19. The van der Waals surface area contributed by atoms with Crippen LogP contribution in [0.2, 0.25) is 0 Å². The third-order valence-corrected chi connectivity index (χ3v) is 1.96. The van der Waals surface area contributed by atoms with Gasteiger partial charge < -0.3 is 5.11 Å². The van der Waals surface area contributed by atoms with Crippen LogP contribution in [0.15, 0.2) is 24.3 Å². The van der Waals surface area contributed by atoms with E-state index in [0.29, 0.717) is 5.82 Å². The molecule has 84 valence electrons. The quantitative estimate of drug-likeness (QED) is 0.738. The summed E-state index contributed by atoms with van der Waals surface area (Å²) in [5, 5.41) is 21.9. The lowest BCUT2D eigenvalue weighted by atomic mass is 10.1. The number of carboxylic acids is 1. The Balaban J connectivity index is 2.13.